The molecule has 1 fully saturated rings. The second kappa shape index (κ2) is 9.58. The molecule has 1 aliphatic carbocycles. The van der Waals surface area contributed by atoms with E-state index in [0.29, 0.717) is 24.7 Å². The summed E-state index contributed by atoms with van der Waals surface area (Å²) in [5, 5.41) is 3.28. The van der Waals surface area contributed by atoms with Crippen molar-refractivity contribution in [2.45, 2.75) is 38.1 Å². The zero-order chi connectivity index (χ0) is 22.6. The van der Waals surface area contributed by atoms with Gasteiger partial charge in [0.05, 0.1) is 17.1 Å². The maximum absolute atomic E-state index is 13.2. The van der Waals surface area contributed by atoms with Crippen molar-refractivity contribution in [2.24, 2.45) is 17.6 Å². The average Bonchev–Trinajstić information content (AvgIpc) is 3.52. The minimum atomic E-state index is -0.245. The SMILES string of the molecule is NC[C@H]1CC[C@H](C(=O)N[C@@H](Cc2ccccc2)c2nc(-c3nc4ccccc4[nH]3)c[nH]2)CC1. The van der Waals surface area contributed by atoms with Crippen LogP contribution in [0.3, 0.4) is 0 Å². The van der Waals surface area contributed by atoms with Crippen LogP contribution in [0.25, 0.3) is 22.6 Å². The molecule has 2 aromatic carbocycles. The van der Waals surface area contributed by atoms with Crippen LogP contribution in [0.1, 0.15) is 43.1 Å². The van der Waals surface area contributed by atoms with Crippen LogP contribution >= 0.6 is 0 Å². The molecule has 0 unspecified atom stereocenters. The van der Waals surface area contributed by atoms with Crippen LogP contribution in [0.5, 0.6) is 0 Å². The van der Waals surface area contributed by atoms with Crippen LogP contribution in [0.15, 0.2) is 60.8 Å². The van der Waals surface area contributed by atoms with Crippen LogP contribution in [0, 0.1) is 11.8 Å². The largest absolute Gasteiger partial charge is 0.346 e. The molecule has 0 spiro atoms. The molecule has 7 heteroatoms. The Morgan fingerprint density at radius 2 is 1.79 bits per heavy atom. The first kappa shape index (κ1) is 21.4. The predicted molar refractivity (Wildman–Crippen MR) is 129 cm³/mol. The first-order chi connectivity index (χ1) is 16.2. The van der Waals surface area contributed by atoms with E-state index in [0.717, 1.165) is 53.8 Å². The van der Waals surface area contributed by atoms with Crippen molar-refractivity contribution >= 4 is 16.9 Å². The Hall–Kier alpha value is -3.45. The van der Waals surface area contributed by atoms with E-state index in [9.17, 15) is 4.79 Å². The lowest BCUT2D eigenvalue weighted by Gasteiger charge is -2.28. The Kier molecular flexibility index (Phi) is 6.21. The highest BCUT2D eigenvalue weighted by Gasteiger charge is 2.28. The third-order valence-corrected chi connectivity index (χ3v) is 6.71. The number of aromatic amines is 2. The molecule has 0 saturated heterocycles. The Balaban J connectivity index is 1.37. The number of fused-ring (bicyclic) bond motifs is 1. The number of nitrogens with one attached hydrogen (secondary N) is 3. The number of H-pyrrole nitrogens is 2. The Morgan fingerprint density at radius 3 is 2.55 bits per heavy atom. The molecule has 2 aromatic heterocycles. The summed E-state index contributed by atoms with van der Waals surface area (Å²) in [5.41, 5.74) is 9.58. The highest BCUT2D eigenvalue weighted by atomic mass is 16.1. The minimum Gasteiger partial charge on any atom is -0.346 e. The summed E-state index contributed by atoms with van der Waals surface area (Å²) in [4.78, 5) is 29.2. The van der Waals surface area contributed by atoms with Gasteiger partial charge in [0, 0.05) is 12.1 Å². The van der Waals surface area contributed by atoms with Crippen molar-refractivity contribution in [2.75, 3.05) is 6.54 Å². The number of hydrogen-bond donors (Lipinski definition) is 4. The zero-order valence-electron chi connectivity index (χ0n) is 18.6. The van der Waals surface area contributed by atoms with Gasteiger partial charge >= 0.3 is 0 Å². The molecule has 0 radical (unpaired) electrons. The molecule has 33 heavy (non-hydrogen) atoms. The van der Waals surface area contributed by atoms with Crippen LogP contribution in [-0.4, -0.2) is 32.4 Å². The van der Waals surface area contributed by atoms with E-state index in [1.807, 2.05) is 48.7 Å². The molecule has 4 aromatic rings. The maximum Gasteiger partial charge on any atom is 0.223 e. The van der Waals surface area contributed by atoms with E-state index in [-0.39, 0.29) is 17.9 Å². The molecule has 5 N–H and O–H groups in total. The van der Waals surface area contributed by atoms with E-state index >= 15 is 0 Å². The standard InChI is InChI=1S/C26H30N6O/c27-15-18-10-12-19(13-11-18)26(33)32-22(14-17-6-2-1-3-7-17)24-28-16-23(31-24)25-29-20-8-4-5-9-21(20)30-25/h1-9,16,18-19,22H,10-15,27H2,(H,28,31)(H,29,30)(H,32,33)/t18-,19-,22-/m0/s1. The highest BCUT2D eigenvalue weighted by molar-refractivity contribution is 5.79. The number of carbonyl (C=O) groups is 1. The van der Waals surface area contributed by atoms with Crippen molar-refractivity contribution in [3.63, 3.8) is 0 Å². The summed E-state index contributed by atoms with van der Waals surface area (Å²) in [7, 11) is 0. The molecule has 1 aliphatic rings. The second-order valence-electron chi connectivity index (χ2n) is 8.98. The molecule has 170 valence electrons. The van der Waals surface area contributed by atoms with Gasteiger partial charge in [0.2, 0.25) is 5.91 Å². The van der Waals surface area contributed by atoms with Gasteiger partial charge in [-0.25, -0.2) is 9.97 Å². The lowest BCUT2D eigenvalue weighted by atomic mass is 9.81. The lowest BCUT2D eigenvalue weighted by molar-refractivity contribution is -0.127. The first-order valence-electron chi connectivity index (χ1n) is 11.7. The van der Waals surface area contributed by atoms with Crippen molar-refractivity contribution in [3.05, 3.63) is 72.2 Å². The first-order valence-corrected chi connectivity index (χ1v) is 11.7. The molecular weight excluding hydrogens is 412 g/mol. The van der Waals surface area contributed by atoms with Crippen LogP contribution < -0.4 is 11.1 Å². The van der Waals surface area contributed by atoms with Gasteiger partial charge in [-0.2, -0.15) is 0 Å². The Morgan fingerprint density at radius 1 is 1.03 bits per heavy atom. The molecule has 0 bridgehead atoms. The lowest BCUT2D eigenvalue weighted by Crippen LogP contribution is -2.37. The van der Waals surface area contributed by atoms with E-state index in [4.69, 9.17) is 10.7 Å². The minimum absolute atomic E-state index is 0.0379. The number of imidazole rings is 2. The number of amides is 1. The van der Waals surface area contributed by atoms with Crippen LogP contribution in [0.2, 0.25) is 0 Å². The van der Waals surface area contributed by atoms with E-state index in [1.54, 1.807) is 0 Å². The van der Waals surface area contributed by atoms with E-state index in [2.05, 4.69) is 32.4 Å². The summed E-state index contributed by atoms with van der Waals surface area (Å²) < 4.78 is 0. The van der Waals surface area contributed by atoms with Gasteiger partial charge in [-0.15, -0.1) is 0 Å². The molecule has 1 amide bonds. The van der Waals surface area contributed by atoms with Gasteiger partial charge in [-0.05, 0) is 62.3 Å². The number of nitrogens with two attached hydrogens (primary N) is 1. The van der Waals surface area contributed by atoms with Gasteiger partial charge in [0.1, 0.15) is 11.5 Å². The van der Waals surface area contributed by atoms with Crippen LogP contribution in [-0.2, 0) is 11.2 Å². The van der Waals surface area contributed by atoms with E-state index in [1.165, 1.54) is 0 Å². The summed E-state index contributed by atoms with van der Waals surface area (Å²) in [6.45, 7) is 0.710. The molecule has 0 aliphatic heterocycles. The number of hydrogen-bond acceptors (Lipinski definition) is 4. The number of rotatable bonds is 7. The molecule has 7 nitrogen and oxygen atoms in total. The fourth-order valence-corrected chi connectivity index (χ4v) is 4.73. The van der Waals surface area contributed by atoms with Gasteiger partial charge in [0.15, 0.2) is 5.82 Å². The number of nitrogens with zero attached hydrogens (tertiary/aromatic N) is 2. The predicted octanol–water partition coefficient (Wildman–Crippen LogP) is 4.12. The van der Waals surface area contributed by atoms with E-state index < -0.39 is 0 Å². The summed E-state index contributed by atoms with van der Waals surface area (Å²) in [6.07, 6.45) is 6.35. The molecule has 2 heterocycles. The monoisotopic (exact) mass is 442 g/mol. The van der Waals surface area contributed by atoms with Gasteiger partial charge in [-0.3, -0.25) is 4.79 Å². The van der Waals surface area contributed by atoms with Gasteiger partial charge in [-0.1, -0.05) is 42.5 Å². The number of para-hydroxylation sites is 2. The molecular formula is C26H30N6O. The molecule has 1 saturated carbocycles. The fraction of sp³-hybridized carbons (Fsp3) is 0.346. The average molecular weight is 443 g/mol. The van der Waals surface area contributed by atoms with Crippen molar-refractivity contribution < 1.29 is 4.79 Å². The summed E-state index contributed by atoms with van der Waals surface area (Å²) >= 11 is 0. The van der Waals surface area contributed by atoms with Gasteiger partial charge in [0.25, 0.3) is 0 Å². The van der Waals surface area contributed by atoms with Crippen molar-refractivity contribution in [1.82, 2.24) is 25.3 Å². The topological polar surface area (TPSA) is 112 Å². The number of aromatic nitrogens is 4. The maximum atomic E-state index is 13.2. The van der Waals surface area contributed by atoms with Gasteiger partial charge < -0.3 is 21.0 Å². The normalized spacial score (nSPS) is 19.4. The molecule has 1 atom stereocenters. The second-order valence-corrected chi connectivity index (χ2v) is 8.98. The summed E-state index contributed by atoms with van der Waals surface area (Å²) in [5.74, 6) is 2.14. The third kappa shape index (κ3) is 4.83. The number of benzene rings is 2. The quantitative estimate of drug-likeness (QED) is 0.345. The van der Waals surface area contributed by atoms with Crippen molar-refractivity contribution in [3.8, 4) is 11.5 Å². The Bertz CT molecular complexity index is 1170. The zero-order valence-corrected chi connectivity index (χ0v) is 18.6. The van der Waals surface area contributed by atoms with Crippen molar-refractivity contribution in [1.29, 1.82) is 0 Å². The number of carbonyl (C=O) groups excluding carboxylic acids is 1. The summed E-state index contributed by atoms with van der Waals surface area (Å²) in [6, 6.07) is 17.9. The Labute approximate surface area is 193 Å². The third-order valence-electron chi connectivity index (χ3n) is 6.71. The highest BCUT2D eigenvalue weighted by Crippen LogP contribution is 2.29. The molecule has 5 rings (SSSR count). The smallest absolute Gasteiger partial charge is 0.223 e. The van der Waals surface area contributed by atoms with Crippen LogP contribution in [0.4, 0.5) is 0 Å². The fourth-order valence-electron chi connectivity index (χ4n) is 4.73.